The quantitative estimate of drug-likeness (QED) is 0.261. The molecule has 2 N–H and O–H groups in total. The van der Waals surface area contributed by atoms with E-state index in [-0.39, 0.29) is 43.8 Å². The molecule has 0 aliphatic carbocycles. The van der Waals surface area contributed by atoms with E-state index in [0.717, 1.165) is 10.8 Å². The minimum Gasteiger partial charge on any atom is -1.00 e. The largest absolute Gasteiger partial charge is 1.00 e. The Bertz CT molecular complexity index is 503. The fourth-order valence-corrected chi connectivity index (χ4v) is 10.3. The van der Waals surface area contributed by atoms with Gasteiger partial charge in [0, 0.05) is 0 Å². The first-order chi connectivity index (χ1) is 8.07. The summed E-state index contributed by atoms with van der Waals surface area (Å²) < 4.78 is 60.5. The summed E-state index contributed by atoms with van der Waals surface area (Å²) >= 11 is 0. The molecule has 0 fully saturated rings. The third-order valence-corrected chi connectivity index (χ3v) is 11.9. The Balaban J connectivity index is -0.00000144. The van der Waals surface area contributed by atoms with Gasteiger partial charge in [0.1, 0.15) is 9.16 Å². The zero-order valence-corrected chi connectivity index (χ0v) is 16.6. The molecule has 19 heavy (non-hydrogen) atoms. The van der Waals surface area contributed by atoms with Crippen molar-refractivity contribution in [3.8, 4) is 0 Å². The molecule has 3 unspecified atom stereocenters. The second-order valence-corrected chi connectivity index (χ2v) is 11.4. The Kier molecular flexibility index (Phi) is 11.2. The Morgan fingerprint density at radius 2 is 1.63 bits per heavy atom. The summed E-state index contributed by atoms with van der Waals surface area (Å²) in [5.74, 6) is 0. The van der Waals surface area contributed by atoms with Crippen molar-refractivity contribution in [1.82, 2.24) is 0 Å². The first-order valence-corrected chi connectivity index (χ1v) is 10.9. The van der Waals surface area contributed by atoms with Gasteiger partial charge in [-0.25, -0.2) is 0 Å². The van der Waals surface area contributed by atoms with E-state index < -0.39 is 38.9 Å². The predicted octanol–water partition coefficient (Wildman–Crippen LogP) is -0.910. The maximum atomic E-state index is 11.2. The van der Waals surface area contributed by atoms with Gasteiger partial charge in [0.25, 0.3) is 20.2 Å². The third kappa shape index (κ3) is 7.82. The zero-order chi connectivity index (χ0) is 14.6. The van der Waals surface area contributed by atoms with Gasteiger partial charge in [-0.15, -0.1) is 9.52 Å². The van der Waals surface area contributed by atoms with Crippen molar-refractivity contribution >= 4 is 45.9 Å². The summed E-state index contributed by atoms with van der Waals surface area (Å²) in [4.78, 5) is 0. The van der Waals surface area contributed by atoms with E-state index in [1.54, 1.807) is 26.1 Å². The molecule has 0 aliphatic heterocycles. The number of hydrogen-bond acceptors (Lipinski definition) is 5. The molecule has 0 aromatic heterocycles. The van der Waals surface area contributed by atoms with Crippen molar-refractivity contribution < 1.29 is 56.9 Å². The molecular weight excluding hydrogens is 343 g/mol. The van der Waals surface area contributed by atoms with E-state index in [1.807, 2.05) is 0 Å². The van der Waals surface area contributed by atoms with Crippen molar-refractivity contribution in [2.45, 2.75) is 42.8 Å². The van der Waals surface area contributed by atoms with Gasteiger partial charge in [0.2, 0.25) is 0 Å². The molecule has 0 aromatic carbocycles. The van der Waals surface area contributed by atoms with Crippen LogP contribution in [-0.4, -0.2) is 40.5 Å². The fourth-order valence-electron chi connectivity index (χ4n) is 1.22. The molecule has 3 atom stereocenters. The Morgan fingerprint density at radius 1 is 1.16 bits per heavy atom. The zero-order valence-electron chi connectivity index (χ0n) is 12.3. The summed E-state index contributed by atoms with van der Waals surface area (Å²) in [7, 11) is -8.62. The minimum atomic E-state index is -4.24. The third-order valence-electron chi connectivity index (χ3n) is 2.04. The smallest absolute Gasteiger partial charge is 1.00 e. The van der Waals surface area contributed by atoms with Crippen molar-refractivity contribution in [2.75, 3.05) is 0 Å². The second-order valence-electron chi connectivity index (χ2n) is 3.37. The van der Waals surface area contributed by atoms with E-state index in [9.17, 15) is 16.8 Å². The van der Waals surface area contributed by atoms with E-state index in [1.165, 1.54) is 0 Å². The van der Waals surface area contributed by atoms with Gasteiger partial charge < -0.3 is 1.43 Å². The average Bonchev–Trinajstić information content (AvgIpc) is 2.20. The molecule has 0 heterocycles. The van der Waals surface area contributed by atoms with Crippen LogP contribution >= 0.6 is 20.3 Å². The van der Waals surface area contributed by atoms with Crippen LogP contribution in [0.1, 0.15) is 35.0 Å². The molecular formula is C8H19NaO6S4. The Morgan fingerprint density at radius 3 is 1.84 bits per heavy atom. The summed E-state index contributed by atoms with van der Waals surface area (Å²) in [6.45, 7) is 4.77. The second kappa shape index (κ2) is 9.42. The maximum Gasteiger partial charge on any atom is 1.00 e. The van der Waals surface area contributed by atoms with Crippen LogP contribution in [0.4, 0.5) is 0 Å². The van der Waals surface area contributed by atoms with Gasteiger partial charge >= 0.3 is 29.6 Å². The molecule has 0 bridgehead atoms. The summed E-state index contributed by atoms with van der Waals surface area (Å²) in [5, 5.41) is 1.54. The molecule has 6 nitrogen and oxygen atoms in total. The molecule has 0 rings (SSSR count). The average molecular weight is 362 g/mol. The first-order valence-electron chi connectivity index (χ1n) is 5.19. The van der Waals surface area contributed by atoms with Crippen LogP contribution in [0.5, 0.6) is 0 Å². The van der Waals surface area contributed by atoms with Gasteiger partial charge in [0.05, 0.1) is 0 Å². The molecule has 0 aliphatic rings. The Labute approximate surface area is 144 Å². The van der Waals surface area contributed by atoms with Crippen molar-refractivity contribution in [3.63, 3.8) is 0 Å². The molecule has 0 spiro atoms. The van der Waals surface area contributed by atoms with E-state index in [4.69, 9.17) is 9.11 Å². The first kappa shape index (κ1) is 22.7. The van der Waals surface area contributed by atoms with Crippen LogP contribution < -0.4 is 29.6 Å². The van der Waals surface area contributed by atoms with Crippen molar-refractivity contribution in [3.05, 3.63) is 0 Å². The van der Waals surface area contributed by atoms with Gasteiger partial charge in [-0.2, -0.15) is 16.8 Å². The van der Waals surface area contributed by atoms with E-state index in [0.29, 0.717) is 0 Å². The molecule has 0 radical (unpaired) electrons. The van der Waals surface area contributed by atoms with E-state index in [2.05, 4.69) is 0 Å². The van der Waals surface area contributed by atoms with Crippen LogP contribution in [0, 0.1) is 0 Å². The summed E-state index contributed by atoms with van der Waals surface area (Å²) in [6, 6.07) is 0. The van der Waals surface area contributed by atoms with Crippen molar-refractivity contribution in [1.29, 1.82) is 0 Å². The van der Waals surface area contributed by atoms with Crippen LogP contribution in [-0.2, 0) is 20.2 Å². The molecule has 11 heteroatoms. The van der Waals surface area contributed by atoms with Crippen LogP contribution in [0.2, 0.25) is 0 Å². The van der Waals surface area contributed by atoms with E-state index >= 15 is 0 Å². The molecule has 112 valence electrons. The topological polar surface area (TPSA) is 109 Å². The maximum absolute atomic E-state index is 11.2. The van der Waals surface area contributed by atoms with Crippen LogP contribution in [0.15, 0.2) is 0 Å². The number of hydrogen-bond donors (Lipinski definition) is 2. The van der Waals surface area contributed by atoms with Crippen LogP contribution in [0.3, 0.4) is 0 Å². The fraction of sp³-hybridized carbons (Fsp3) is 0.875. The Hall–Kier alpha value is 1.39. The molecule has 0 saturated carbocycles. The normalized spacial score (nSPS) is 17.5. The standard InChI is InChI=1S/C8H18O6S4.Na.H/c1-4-7(17(9,10)11)15-16(6-3)8(5-2)18(12,13)14;;/h6-8H,4-5H2,1-3H3,(H,9,10,11)(H,12,13,14);;/q;+1;-1. The van der Waals surface area contributed by atoms with Gasteiger partial charge in [0.15, 0.2) is 0 Å². The molecule has 0 amide bonds. The van der Waals surface area contributed by atoms with Gasteiger partial charge in [-0.3, -0.25) is 9.11 Å². The van der Waals surface area contributed by atoms with Crippen LogP contribution in [0.25, 0.3) is 0 Å². The molecule has 0 aromatic rings. The minimum absolute atomic E-state index is 0. The molecule has 0 saturated heterocycles. The predicted molar refractivity (Wildman–Crippen MR) is 79.3 cm³/mol. The summed E-state index contributed by atoms with van der Waals surface area (Å²) in [6.07, 6.45) is 0.323. The van der Waals surface area contributed by atoms with Gasteiger partial charge in [-0.05, 0) is 19.8 Å². The van der Waals surface area contributed by atoms with Gasteiger partial charge in [-0.1, -0.05) is 30.0 Å². The van der Waals surface area contributed by atoms with Crippen molar-refractivity contribution in [2.24, 2.45) is 0 Å². The summed E-state index contributed by atoms with van der Waals surface area (Å²) in [5.41, 5.74) is 0. The monoisotopic (exact) mass is 362 g/mol. The SMILES string of the molecule is CC=S(SC(CC)S(=O)(=O)O)C(CC)S(=O)(=O)O.[H-].[Na+]. The number of rotatable bonds is 7.